The standard InChI is InChI=1S/C24H51NO6/c26-15-3-7-19-30-23-11-9-21-28-17-5-1-13-25-14-2-6-18-29-22-10-12-24-31-20-8-4-16-27/h25-27H,1-24H2. The van der Waals surface area contributed by atoms with Gasteiger partial charge in [-0.2, -0.15) is 0 Å². The fourth-order valence-electron chi connectivity index (χ4n) is 2.89. The molecular weight excluding hydrogens is 398 g/mol. The lowest BCUT2D eigenvalue weighted by Crippen LogP contribution is -2.17. The van der Waals surface area contributed by atoms with E-state index in [1.165, 1.54) is 0 Å². The van der Waals surface area contributed by atoms with Crippen molar-refractivity contribution in [3.05, 3.63) is 0 Å². The van der Waals surface area contributed by atoms with Gasteiger partial charge in [0, 0.05) is 66.1 Å². The number of hydrogen-bond donors (Lipinski definition) is 3. The van der Waals surface area contributed by atoms with Crippen LogP contribution in [0.5, 0.6) is 0 Å². The van der Waals surface area contributed by atoms with Gasteiger partial charge in [-0.3, -0.25) is 0 Å². The van der Waals surface area contributed by atoms with Crippen LogP contribution in [0, 0.1) is 0 Å². The van der Waals surface area contributed by atoms with E-state index >= 15 is 0 Å². The monoisotopic (exact) mass is 449 g/mol. The summed E-state index contributed by atoms with van der Waals surface area (Å²) in [6.45, 7) is 9.08. The van der Waals surface area contributed by atoms with Crippen molar-refractivity contribution < 1.29 is 29.2 Å². The van der Waals surface area contributed by atoms with Crippen LogP contribution in [0.4, 0.5) is 0 Å². The highest BCUT2D eigenvalue weighted by Gasteiger charge is 1.95. The molecule has 188 valence electrons. The molecule has 0 bridgehead atoms. The summed E-state index contributed by atoms with van der Waals surface area (Å²) in [5.41, 5.74) is 0. The Labute approximate surface area is 191 Å². The van der Waals surface area contributed by atoms with Gasteiger partial charge in [0.2, 0.25) is 0 Å². The summed E-state index contributed by atoms with van der Waals surface area (Å²) in [5.74, 6) is 0. The molecule has 0 amide bonds. The number of hydrogen-bond acceptors (Lipinski definition) is 7. The van der Waals surface area contributed by atoms with Crippen molar-refractivity contribution in [2.45, 2.75) is 77.0 Å². The highest BCUT2D eigenvalue weighted by atomic mass is 16.5. The molecule has 0 aliphatic heterocycles. The van der Waals surface area contributed by atoms with Gasteiger partial charge >= 0.3 is 0 Å². The van der Waals surface area contributed by atoms with Crippen molar-refractivity contribution in [3.8, 4) is 0 Å². The molecule has 7 heteroatoms. The molecule has 0 unspecified atom stereocenters. The molecule has 0 aromatic carbocycles. The first-order chi connectivity index (χ1) is 15.4. The van der Waals surface area contributed by atoms with Crippen LogP contribution in [0.25, 0.3) is 0 Å². The van der Waals surface area contributed by atoms with E-state index in [1.807, 2.05) is 0 Å². The molecule has 0 spiro atoms. The van der Waals surface area contributed by atoms with Crippen LogP contribution in [-0.2, 0) is 18.9 Å². The van der Waals surface area contributed by atoms with Gasteiger partial charge in [0.15, 0.2) is 0 Å². The molecule has 0 aromatic heterocycles. The summed E-state index contributed by atoms with van der Waals surface area (Å²) >= 11 is 0. The summed E-state index contributed by atoms with van der Waals surface area (Å²) in [4.78, 5) is 0. The lowest BCUT2D eigenvalue weighted by atomic mass is 10.3. The number of rotatable bonds is 28. The summed E-state index contributed by atoms with van der Waals surface area (Å²) in [6.07, 6.45) is 12.3. The first-order valence-electron chi connectivity index (χ1n) is 12.6. The molecule has 0 saturated carbocycles. The maximum Gasteiger partial charge on any atom is 0.0466 e. The van der Waals surface area contributed by atoms with E-state index in [0.29, 0.717) is 0 Å². The molecule has 0 aliphatic carbocycles. The van der Waals surface area contributed by atoms with Crippen molar-refractivity contribution in [3.63, 3.8) is 0 Å². The zero-order valence-electron chi connectivity index (χ0n) is 20.0. The molecule has 0 aromatic rings. The lowest BCUT2D eigenvalue weighted by molar-refractivity contribution is 0.0972. The van der Waals surface area contributed by atoms with Crippen LogP contribution in [0.15, 0.2) is 0 Å². The first kappa shape index (κ1) is 30.7. The third-order valence-corrected chi connectivity index (χ3v) is 4.83. The number of aliphatic hydroxyl groups is 2. The summed E-state index contributed by atoms with van der Waals surface area (Å²) in [7, 11) is 0. The van der Waals surface area contributed by atoms with E-state index in [1.54, 1.807) is 0 Å². The minimum absolute atomic E-state index is 0.257. The first-order valence-corrected chi connectivity index (χ1v) is 12.6. The smallest absolute Gasteiger partial charge is 0.0466 e. The van der Waals surface area contributed by atoms with Gasteiger partial charge in [-0.25, -0.2) is 0 Å². The summed E-state index contributed by atoms with van der Waals surface area (Å²) in [5, 5.41) is 20.8. The second-order valence-electron chi connectivity index (χ2n) is 7.89. The minimum Gasteiger partial charge on any atom is -0.396 e. The van der Waals surface area contributed by atoms with Gasteiger partial charge in [-0.15, -0.1) is 0 Å². The quantitative estimate of drug-likeness (QED) is 0.158. The number of ether oxygens (including phenoxy) is 4. The Hall–Kier alpha value is -0.280. The molecule has 0 saturated heterocycles. The Bertz CT molecular complexity index is 282. The van der Waals surface area contributed by atoms with Crippen molar-refractivity contribution in [1.29, 1.82) is 0 Å². The molecule has 3 N–H and O–H groups in total. The average Bonchev–Trinajstić information content (AvgIpc) is 2.78. The second-order valence-corrected chi connectivity index (χ2v) is 7.89. The Morgan fingerprint density at radius 2 is 0.613 bits per heavy atom. The minimum atomic E-state index is 0.257. The normalized spacial score (nSPS) is 11.4. The van der Waals surface area contributed by atoms with Crippen LogP contribution in [0.3, 0.4) is 0 Å². The predicted octanol–water partition coefficient (Wildman–Crippen LogP) is 3.31. The van der Waals surface area contributed by atoms with Gasteiger partial charge < -0.3 is 34.5 Å². The van der Waals surface area contributed by atoms with Crippen LogP contribution >= 0.6 is 0 Å². The molecular formula is C24H51NO6. The third-order valence-electron chi connectivity index (χ3n) is 4.83. The molecule has 31 heavy (non-hydrogen) atoms. The topological polar surface area (TPSA) is 89.4 Å². The summed E-state index contributed by atoms with van der Waals surface area (Å²) < 4.78 is 22.3. The number of nitrogens with one attached hydrogen (secondary N) is 1. The largest absolute Gasteiger partial charge is 0.396 e. The van der Waals surface area contributed by atoms with Gasteiger partial charge in [0.25, 0.3) is 0 Å². The highest BCUT2D eigenvalue weighted by Crippen LogP contribution is 1.98. The summed E-state index contributed by atoms with van der Waals surface area (Å²) in [6, 6.07) is 0. The van der Waals surface area contributed by atoms with E-state index < -0.39 is 0 Å². The molecule has 0 aliphatic rings. The molecule has 0 rings (SSSR count). The fourth-order valence-corrected chi connectivity index (χ4v) is 2.89. The molecule has 0 fully saturated rings. The van der Waals surface area contributed by atoms with Gasteiger partial charge in [0.1, 0.15) is 0 Å². The Morgan fingerprint density at radius 1 is 0.355 bits per heavy atom. The van der Waals surface area contributed by atoms with Crippen LogP contribution < -0.4 is 5.32 Å². The predicted molar refractivity (Wildman–Crippen MR) is 126 cm³/mol. The maximum absolute atomic E-state index is 8.67. The lowest BCUT2D eigenvalue weighted by Gasteiger charge is -2.07. The van der Waals surface area contributed by atoms with E-state index in [9.17, 15) is 0 Å². The Morgan fingerprint density at radius 3 is 0.903 bits per heavy atom. The van der Waals surface area contributed by atoms with E-state index in [-0.39, 0.29) is 13.2 Å². The van der Waals surface area contributed by atoms with Crippen molar-refractivity contribution in [2.75, 3.05) is 79.2 Å². The van der Waals surface area contributed by atoms with Crippen LogP contribution in [-0.4, -0.2) is 89.4 Å². The molecule has 0 atom stereocenters. The Balaban J connectivity index is 2.98. The van der Waals surface area contributed by atoms with Crippen molar-refractivity contribution in [2.24, 2.45) is 0 Å². The molecule has 7 nitrogen and oxygen atoms in total. The number of aliphatic hydroxyl groups excluding tert-OH is 2. The average molecular weight is 450 g/mol. The van der Waals surface area contributed by atoms with Crippen LogP contribution in [0.1, 0.15) is 77.0 Å². The number of unbranched alkanes of at least 4 members (excludes halogenated alkanes) is 6. The molecule has 0 radical (unpaired) electrons. The van der Waals surface area contributed by atoms with Crippen LogP contribution in [0.2, 0.25) is 0 Å². The zero-order valence-corrected chi connectivity index (χ0v) is 20.0. The van der Waals surface area contributed by atoms with Gasteiger partial charge in [-0.05, 0) is 90.1 Å². The van der Waals surface area contributed by atoms with E-state index in [2.05, 4.69) is 5.32 Å². The van der Waals surface area contributed by atoms with Crippen molar-refractivity contribution in [1.82, 2.24) is 5.32 Å². The van der Waals surface area contributed by atoms with E-state index in [0.717, 1.165) is 143 Å². The highest BCUT2D eigenvalue weighted by molar-refractivity contribution is 4.50. The van der Waals surface area contributed by atoms with Gasteiger partial charge in [0.05, 0.1) is 0 Å². The second kappa shape index (κ2) is 29.7. The fraction of sp³-hybridized carbons (Fsp3) is 1.00. The molecule has 0 heterocycles. The SMILES string of the molecule is OCCCCOCCCCOCCCCNCCCCOCCCCOCCCCO. The third kappa shape index (κ3) is 29.7. The Kier molecular flexibility index (Phi) is 29.5. The zero-order chi connectivity index (χ0) is 22.5. The maximum atomic E-state index is 8.67. The van der Waals surface area contributed by atoms with Gasteiger partial charge in [-0.1, -0.05) is 0 Å². The van der Waals surface area contributed by atoms with E-state index in [4.69, 9.17) is 29.2 Å². The van der Waals surface area contributed by atoms with Crippen molar-refractivity contribution >= 4 is 0 Å².